The van der Waals surface area contributed by atoms with Crippen molar-refractivity contribution >= 4 is 0 Å². The van der Waals surface area contributed by atoms with E-state index in [2.05, 4.69) is 29.7 Å². The van der Waals surface area contributed by atoms with Crippen LogP contribution in [-0.2, 0) is 0 Å². The second kappa shape index (κ2) is 3.36. The average Bonchev–Trinajstić information content (AvgIpc) is 2.05. The molecule has 12 heavy (non-hydrogen) atoms. The highest BCUT2D eigenvalue weighted by molar-refractivity contribution is 5.24. The molecule has 1 aromatic heterocycles. The van der Waals surface area contributed by atoms with E-state index in [4.69, 9.17) is 6.42 Å². The maximum absolute atomic E-state index is 5.19. The van der Waals surface area contributed by atoms with Crippen LogP contribution in [0, 0.1) is 19.3 Å². The lowest BCUT2D eigenvalue weighted by Crippen LogP contribution is -2.00. The summed E-state index contributed by atoms with van der Waals surface area (Å²) in [5.41, 5.74) is 2.14. The Morgan fingerprint density at radius 2 is 2.17 bits per heavy atom. The zero-order chi connectivity index (χ0) is 9.14. The van der Waals surface area contributed by atoms with Crippen molar-refractivity contribution in [2.75, 3.05) is 0 Å². The summed E-state index contributed by atoms with van der Waals surface area (Å²) in [5, 5.41) is 0. The lowest BCUT2D eigenvalue weighted by atomic mass is 10.1. The van der Waals surface area contributed by atoms with Gasteiger partial charge in [-0.3, -0.25) is 0 Å². The Hall–Kier alpha value is -1.36. The van der Waals surface area contributed by atoms with Crippen molar-refractivity contribution in [2.45, 2.75) is 26.7 Å². The maximum Gasteiger partial charge on any atom is 0.204 e. The fourth-order valence-corrected chi connectivity index (χ4v) is 1.11. The topological polar surface area (TPSA) is 25.8 Å². The first-order valence-corrected chi connectivity index (χ1v) is 3.95. The van der Waals surface area contributed by atoms with Crippen LogP contribution in [0.5, 0.6) is 0 Å². The molecular weight excluding hydrogens is 148 g/mol. The van der Waals surface area contributed by atoms with Gasteiger partial charge in [0.05, 0.1) is 5.69 Å². The lowest BCUT2D eigenvalue weighted by Gasteiger charge is -2.07. The van der Waals surface area contributed by atoms with Crippen LogP contribution in [0.25, 0.3) is 0 Å². The number of hydrogen-bond donors (Lipinski definition) is 0. The number of aryl methyl sites for hydroxylation is 1. The zero-order valence-corrected chi connectivity index (χ0v) is 7.63. The first-order chi connectivity index (χ1) is 5.65. The van der Waals surface area contributed by atoms with Crippen molar-refractivity contribution in [2.24, 2.45) is 0 Å². The van der Waals surface area contributed by atoms with Gasteiger partial charge in [-0.15, -0.1) is 6.42 Å². The van der Waals surface area contributed by atoms with Gasteiger partial charge in [-0.2, -0.15) is 0 Å². The van der Waals surface area contributed by atoms with E-state index in [1.807, 2.05) is 6.92 Å². The van der Waals surface area contributed by atoms with Crippen molar-refractivity contribution in [1.29, 1.82) is 0 Å². The van der Waals surface area contributed by atoms with E-state index >= 15 is 0 Å². The summed E-state index contributed by atoms with van der Waals surface area (Å²) in [7, 11) is 0. The van der Waals surface area contributed by atoms with E-state index in [9.17, 15) is 0 Å². The van der Waals surface area contributed by atoms with Gasteiger partial charge in [-0.1, -0.05) is 13.8 Å². The predicted octanol–water partition coefficient (Wildman–Crippen LogP) is 1.89. The normalized spacial score (nSPS) is 9.92. The number of hydrogen-bond acceptors (Lipinski definition) is 2. The van der Waals surface area contributed by atoms with Crippen molar-refractivity contribution < 1.29 is 0 Å². The number of aromatic nitrogens is 2. The molecular formula is C10H12N2. The van der Waals surface area contributed by atoms with Gasteiger partial charge in [-0.05, 0) is 24.3 Å². The smallest absolute Gasteiger partial charge is 0.204 e. The van der Waals surface area contributed by atoms with Gasteiger partial charge in [0.2, 0.25) is 5.82 Å². The van der Waals surface area contributed by atoms with Crippen molar-refractivity contribution in [3.63, 3.8) is 0 Å². The van der Waals surface area contributed by atoms with Crippen LogP contribution in [-0.4, -0.2) is 9.97 Å². The molecule has 0 aromatic carbocycles. The summed E-state index contributed by atoms with van der Waals surface area (Å²) in [6.45, 7) is 6.18. The van der Waals surface area contributed by atoms with E-state index in [0.29, 0.717) is 11.7 Å². The highest BCUT2D eigenvalue weighted by Gasteiger charge is 2.05. The Labute approximate surface area is 73.1 Å². The molecule has 0 saturated heterocycles. The molecule has 2 heteroatoms. The highest BCUT2D eigenvalue weighted by Crippen LogP contribution is 2.14. The largest absolute Gasteiger partial charge is 0.229 e. The Morgan fingerprint density at radius 3 is 2.67 bits per heavy atom. The highest BCUT2D eigenvalue weighted by atomic mass is 14.9. The fraction of sp³-hybridized carbons (Fsp3) is 0.400. The molecule has 0 fully saturated rings. The SMILES string of the molecule is C#Cc1ncc(C)c(C(C)C)n1. The van der Waals surface area contributed by atoms with Crippen LogP contribution in [0.4, 0.5) is 0 Å². The molecule has 0 amide bonds. The van der Waals surface area contributed by atoms with Crippen LogP contribution in [0.3, 0.4) is 0 Å². The number of nitrogens with zero attached hydrogens (tertiary/aromatic N) is 2. The zero-order valence-electron chi connectivity index (χ0n) is 7.63. The third kappa shape index (κ3) is 1.62. The molecule has 0 aliphatic rings. The predicted molar refractivity (Wildman–Crippen MR) is 48.8 cm³/mol. The quantitative estimate of drug-likeness (QED) is 0.586. The summed E-state index contributed by atoms with van der Waals surface area (Å²) in [6.07, 6.45) is 6.97. The Balaban J connectivity index is 3.19. The van der Waals surface area contributed by atoms with E-state index in [1.165, 1.54) is 0 Å². The van der Waals surface area contributed by atoms with Gasteiger partial charge < -0.3 is 0 Å². The first-order valence-electron chi connectivity index (χ1n) is 3.95. The van der Waals surface area contributed by atoms with Gasteiger partial charge in [-0.25, -0.2) is 9.97 Å². The van der Waals surface area contributed by atoms with Gasteiger partial charge in [0, 0.05) is 6.20 Å². The molecule has 0 atom stereocenters. The Bertz CT molecular complexity index is 321. The fourth-order valence-electron chi connectivity index (χ4n) is 1.11. The third-order valence-electron chi connectivity index (χ3n) is 1.69. The summed E-state index contributed by atoms with van der Waals surface area (Å²) < 4.78 is 0. The second-order valence-corrected chi connectivity index (χ2v) is 3.06. The minimum atomic E-state index is 0.403. The van der Waals surface area contributed by atoms with Gasteiger partial charge in [0.15, 0.2) is 0 Å². The summed E-state index contributed by atoms with van der Waals surface area (Å²) in [4.78, 5) is 8.24. The number of terminal acetylenes is 1. The van der Waals surface area contributed by atoms with Crippen LogP contribution in [0.1, 0.15) is 36.8 Å². The molecule has 1 rings (SSSR count). The molecule has 0 saturated carbocycles. The third-order valence-corrected chi connectivity index (χ3v) is 1.69. The van der Waals surface area contributed by atoms with E-state index in [0.717, 1.165) is 11.3 Å². The monoisotopic (exact) mass is 160 g/mol. The van der Waals surface area contributed by atoms with E-state index in [-0.39, 0.29) is 0 Å². The molecule has 0 aliphatic heterocycles. The van der Waals surface area contributed by atoms with E-state index in [1.54, 1.807) is 6.20 Å². The summed E-state index contributed by atoms with van der Waals surface area (Å²) in [6, 6.07) is 0. The van der Waals surface area contributed by atoms with Crippen LogP contribution in [0.2, 0.25) is 0 Å². The minimum absolute atomic E-state index is 0.403. The Morgan fingerprint density at radius 1 is 1.50 bits per heavy atom. The molecule has 0 N–H and O–H groups in total. The summed E-state index contributed by atoms with van der Waals surface area (Å²) in [5.74, 6) is 3.31. The minimum Gasteiger partial charge on any atom is -0.229 e. The van der Waals surface area contributed by atoms with Crippen molar-refractivity contribution in [3.05, 3.63) is 23.3 Å². The van der Waals surface area contributed by atoms with Gasteiger partial charge in [0.1, 0.15) is 0 Å². The second-order valence-electron chi connectivity index (χ2n) is 3.06. The maximum atomic E-state index is 5.19. The molecule has 0 bridgehead atoms. The molecule has 62 valence electrons. The van der Waals surface area contributed by atoms with E-state index < -0.39 is 0 Å². The average molecular weight is 160 g/mol. The lowest BCUT2D eigenvalue weighted by molar-refractivity contribution is 0.797. The Kier molecular flexibility index (Phi) is 2.44. The van der Waals surface area contributed by atoms with Crippen LogP contribution in [0.15, 0.2) is 6.20 Å². The molecule has 0 unspecified atom stereocenters. The molecule has 2 nitrogen and oxygen atoms in total. The van der Waals surface area contributed by atoms with Crippen molar-refractivity contribution in [1.82, 2.24) is 9.97 Å². The molecule has 0 spiro atoms. The van der Waals surface area contributed by atoms with Gasteiger partial charge in [0.25, 0.3) is 0 Å². The standard InChI is InChI=1S/C10H12N2/c1-5-9-11-6-8(4)10(12-9)7(2)3/h1,6-7H,2-4H3. The van der Waals surface area contributed by atoms with Crippen LogP contribution >= 0.6 is 0 Å². The molecule has 1 heterocycles. The number of rotatable bonds is 1. The molecule has 1 aromatic rings. The van der Waals surface area contributed by atoms with Crippen molar-refractivity contribution in [3.8, 4) is 12.3 Å². The van der Waals surface area contributed by atoms with Gasteiger partial charge >= 0.3 is 0 Å². The summed E-state index contributed by atoms with van der Waals surface area (Å²) >= 11 is 0. The van der Waals surface area contributed by atoms with Crippen LogP contribution < -0.4 is 0 Å². The molecule has 0 aliphatic carbocycles. The molecule has 0 radical (unpaired) electrons. The first kappa shape index (κ1) is 8.73.